The maximum atomic E-state index is 5.78. The van der Waals surface area contributed by atoms with Crippen LogP contribution in [-0.2, 0) is 0 Å². The van der Waals surface area contributed by atoms with Crippen LogP contribution in [0.3, 0.4) is 0 Å². The Morgan fingerprint density at radius 1 is 0.947 bits per heavy atom. The Kier molecular flexibility index (Phi) is 6.32. The average Bonchev–Trinajstić information content (AvgIpc) is 2.39. The summed E-state index contributed by atoms with van der Waals surface area (Å²) in [7, 11) is 2.00. The van der Waals surface area contributed by atoms with Crippen molar-refractivity contribution < 1.29 is 0 Å². The summed E-state index contributed by atoms with van der Waals surface area (Å²) >= 11 is 0. The first-order valence-electron chi connectivity index (χ1n) is 7.09. The Morgan fingerprint density at radius 2 is 1.58 bits per heavy atom. The first-order valence-corrected chi connectivity index (χ1v) is 7.09. The van der Waals surface area contributed by atoms with E-state index in [9.17, 15) is 0 Å². The highest BCUT2D eigenvalue weighted by atomic mass is 15.3. The lowest BCUT2D eigenvalue weighted by Gasteiger charge is -2.22. The summed E-state index contributed by atoms with van der Waals surface area (Å²) < 4.78 is 0. The third-order valence-corrected chi connectivity index (χ3v) is 3.11. The Morgan fingerprint density at radius 3 is 2.16 bits per heavy atom. The predicted molar refractivity (Wildman–Crippen MR) is 80.6 cm³/mol. The lowest BCUT2D eigenvalue weighted by molar-refractivity contribution is 0.693. The van der Waals surface area contributed by atoms with Gasteiger partial charge in [0.1, 0.15) is 0 Å². The molecule has 0 saturated heterocycles. The molecule has 6 nitrogen and oxygen atoms in total. The molecule has 6 heteroatoms. The minimum Gasteiger partial charge on any atom is -0.368 e. The van der Waals surface area contributed by atoms with Crippen LogP contribution < -0.4 is 15.5 Å². The molecule has 0 aliphatic heterocycles. The molecule has 0 aromatic carbocycles. The van der Waals surface area contributed by atoms with Gasteiger partial charge in [-0.15, -0.1) is 0 Å². The van der Waals surface area contributed by atoms with Gasteiger partial charge < -0.3 is 15.5 Å². The number of hydrogen-bond acceptors (Lipinski definition) is 6. The molecule has 1 aromatic rings. The first-order chi connectivity index (χ1) is 9.12. The monoisotopic (exact) mass is 266 g/mol. The molecule has 0 bridgehead atoms. The molecule has 0 radical (unpaired) electrons. The lowest BCUT2D eigenvalue weighted by atomic mass is 10.2. The summed E-state index contributed by atoms with van der Waals surface area (Å²) in [5.41, 5.74) is 5.78. The Bertz CT molecular complexity index is 377. The maximum Gasteiger partial charge on any atom is 0.231 e. The molecular formula is C13H26N6. The normalized spacial score (nSPS) is 10.5. The van der Waals surface area contributed by atoms with Crippen molar-refractivity contribution in [2.24, 2.45) is 0 Å². The summed E-state index contributed by atoms with van der Waals surface area (Å²) in [5.74, 6) is 1.61. The van der Waals surface area contributed by atoms with E-state index in [4.69, 9.17) is 5.73 Å². The van der Waals surface area contributed by atoms with Crippen LogP contribution in [0.4, 0.5) is 17.8 Å². The van der Waals surface area contributed by atoms with Gasteiger partial charge >= 0.3 is 0 Å². The van der Waals surface area contributed by atoms with Gasteiger partial charge in [-0.1, -0.05) is 19.8 Å². The van der Waals surface area contributed by atoms with E-state index >= 15 is 0 Å². The molecule has 108 valence electrons. The molecule has 0 saturated carbocycles. The molecule has 0 amide bonds. The highest BCUT2D eigenvalue weighted by molar-refractivity contribution is 5.42. The number of nitrogens with zero attached hydrogens (tertiary/aromatic N) is 5. The highest BCUT2D eigenvalue weighted by Gasteiger charge is 2.12. The Balaban J connectivity index is 2.83. The van der Waals surface area contributed by atoms with E-state index in [0.717, 1.165) is 26.1 Å². The smallest absolute Gasteiger partial charge is 0.231 e. The summed E-state index contributed by atoms with van der Waals surface area (Å²) in [5, 5.41) is 0. The van der Waals surface area contributed by atoms with Crippen molar-refractivity contribution in [2.45, 2.75) is 40.0 Å². The average molecular weight is 266 g/mol. The summed E-state index contributed by atoms with van der Waals surface area (Å²) in [4.78, 5) is 17.0. The summed E-state index contributed by atoms with van der Waals surface area (Å²) in [6, 6.07) is 0. The van der Waals surface area contributed by atoms with E-state index in [-0.39, 0.29) is 5.95 Å². The van der Waals surface area contributed by atoms with Gasteiger partial charge in [-0.2, -0.15) is 15.0 Å². The van der Waals surface area contributed by atoms with Crippen LogP contribution in [0.5, 0.6) is 0 Å². The first kappa shape index (κ1) is 15.5. The van der Waals surface area contributed by atoms with Gasteiger partial charge in [0.25, 0.3) is 0 Å². The number of hydrogen-bond donors (Lipinski definition) is 1. The van der Waals surface area contributed by atoms with Crippen molar-refractivity contribution in [3.63, 3.8) is 0 Å². The minimum absolute atomic E-state index is 0.286. The van der Waals surface area contributed by atoms with Crippen molar-refractivity contribution in [3.05, 3.63) is 0 Å². The second-order valence-electron chi connectivity index (χ2n) is 4.59. The quantitative estimate of drug-likeness (QED) is 0.725. The van der Waals surface area contributed by atoms with Crippen LogP contribution in [0.25, 0.3) is 0 Å². The molecule has 0 aliphatic rings. The van der Waals surface area contributed by atoms with E-state index < -0.39 is 0 Å². The van der Waals surface area contributed by atoms with Crippen molar-refractivity contribution in [2.75, 3.05) is 42.2 Å². The van der Waals surface area contributed by atoms with Crippen LogP contribution in [0, 0.1) is 0 Å². The topological polar surface area (TPSA) is 71.2 Å². The largest absolute Gasteiger partial charge is 0.368 e. The van der Waals surface area contributed by atoms with Crippen molar-refractivity contribution in [1.29, 1.82) is 0 Å². The van der Waals surface area contributed by atoms with Crippen LogP contribution in [0.15, 0.2) is 0 Å². The fourth-order valence-electron chi connectivity index (χ4n) is 1.89. The molecule has 19 heavy (non-hydrogen) atoms. The van der Waals surface area contributed by atoms with Crippen molar-refractivity contribution >= 4 is 17.8 Å². The van der Waals surface area contributed by atoms with Crippen molar-refractivity contribution in [1.82, 2.24) is 15.0 Å². The molecule has 1 aromatic heterocycles. The highest BCUT2D eigenvalue weighted by Crippen LogP contribution is 2.14. The molecule has 0 unspecified atom stereocenters. The van der Waals surface area contributed by atoms with Gasteiger partial charge in [-0.3, -0.25) is 0 Å². The molecular weight excluding hydrogens is 240 g/mol. The van der Waals surface area contributed by atoms with E-state index in [1.807, 2.05) is 11.9 Å². The summed E-state index contributed by atoms with van der Waals surface area (Å²) in [6.07, 6.45) is 3.56. The van der Waals surface area contributed by atoms with Gasteiger partial charge in [-0.05, 0) is 20.3 Å². The van der Waals surface area contributed by atoms with Gasteiger partial charge in [0.15, 0.2) is 0 Å². The fourth-order valence-corrected chi connectivity index (χ4v) is 1.89. The lowest BCUT2D eigenvalue weighted by Crippen LogP contribution is -2.27. The van der Waals surface area contributed by atoms with Crippen LogP contribution in [-0.4, -0.2) is 41.6 Å². The van der Waals surface area contributed by atoms with E-state index in [1.54, 1.807) is 0 Å². The van der Waals surface area contributed by atoms with Crippen LogP contribution in [0.2, 0.25) is 0 Å². The second kappa shape index (κ2) is 7.76. The molecule has 0 spiro atoms. The Hall–Kier alpha value is -1.59. The van der Waals surface area contributed by atoms with Gasteiger partial charge in [0.05, 0.1) is 0 Å². The molecule has 2 N–H and O–H groups in total. The standard InChI is InChI=1S/C13H26N6/c1-5-8-9-10-18(4)12-15-11(14)16-13(17-12)19(6-2)7-3/h5-10H2,1-4H3,(H2,14,15,16,17). The Labute approximate surface area is 116 Å². The molecule has 0 atom stereocenters. The molecule has 1 heterocycles. The number of nitrogen functional groups attached to an aromatic ring is 1. The van der Waals surface area contributed by atoms with Gasteiger partial charge in [-0.25, -0.2) is 0 Å². The van der Waals surface area contributed by atoms with Crippen LogP contribution >= 0.6 is 0 Å². The van der Waals surface area contributed by atoms with Crippen molar-refractivity contribution in [3.8, 4) is 0 Å². The molecule has 0 aliphatic carbocycles. The van der Waals surface area contributed by atoms with E-state index in [1.165, 1.54) is 12.8 Å². The number of anilines is 3. The maximum absolute atomic E-state index is 5.78. The fraction of sp³-hybridized carbons (Fsp3) is 0.769. The van der Waals surface area contributed by atoms with Crippen LogP contribution in [0.1, 0.15) is 40.0 Å². The predicted octanol–water partition coefficient (Wildman–Crippen LogP) is 1.93. The van der Waals surface area contributed by atoms with E-state index in [2.05, 4.69) is 40.6 Å². The zero-order valence-electron chi connectivity index (χ0n) is 12.6. The minimum atomic E-state index is 0.286. The number of unbranched alkanes of at least 4 members (excludes halogenated alkanes) is 2. The van der Waals surface area contributed by atoms with E-state index in [0.29, 0.717) is 11.9 Å². The number of rotatable bonds is 8. The number of aromatic nitrogens is 3. The SMILES string of the molecule is CCCCCN(C)c1nc(N)nc(N(CC)CC)n1. The number of nitrogens with two attached hydrogens (primary N) is 1. The molecule has 0 fully saturated rings. The zero-order chi connectivity index (χ0) is 14.3. The third-order valence-electron chi connectivity index (χ3n) is 3.11. The summed E-state index contributed by atoms with van der Waals surface area (Å²) in [6.45, 7) is 9.01. The zero-order valence-corrected chi connectivity index (χ0v) is 12.6. The van der Waals surface area contributed by atoms with Gasteiger partial charge in [0, 0.05) is 26.7 Å². The third kappa shape index (κ3) is 4.54. The van der Waals surface area contributed by atoms with Gasteiger partial charge in [0.2, 0.25) is 17.8 Å². The second-order valence-corrected chi connectivity index (χ2v) is 4.59. The molecule has 1 rings (SSSR count).